The van der Waals surface area contributed by atoms with Crippen LogP contribution in [0.5, 0.6) is 5.75 Å². The van der Waals surface area contributed by atoms with Crippen molar-refractivity contribution in [3.63, 3.8) is 0 Å². The molecule has 6 heteroatoms. The molecule has 0 bridgehead atoms. The quantitative estimate of drug-likeness (QED) is 0.648. The summed E-state index contributed by atoms with van der Waals surface area (Å²) in [4.78, 5) is 20.7. The molecular formula is C9H5ClO5-2. The molecular weight excluding hydrogens is 224 g/mol. The van der Waals surface area contributed by atoms with Gasteiger partial charge in [-0.05, 0) is 18.2 Å². The van der Waals surface area contributed by atoms with E-state index in [9.17, 15) is 19.8 Å². The highest BCUT2D eigenvalue weighted by Gasteiger charge is 2.05. The van der Waals surface area contributed by atoms with Crippen LogP contribution < -0.4 is 14.9 Å². The molecule has 0 atom stereocenters. The molecule has 0 spiro atoms. The van der Waals surface area contributed by atoms with Gasteiger partial charge in [-0.3, -0.25) is 0 Å². The Kier molecular flexibility index (Phi) is 3.51. The number of rotatable bonds is 4. The standard InChI is InChI=1S/C9H7ClO5/c10-5-1-2-7(15-4-8(11)12)6(3-5)9(13)14/h1-3H,4H2,(H,11,12)(H,13,14)/p-2. The van der Waals surface area contributed by atoms with Crippen LogP contribution in [0, 0.1) is 0 Å². The summed E-state index contributed by atoms with van der Waals surface area (Å²) in [6.45, 7) is -0.734. The minimum atomic E-state index is -1.49. The Balaban J connectivity index is 2.95. The lowest BCUT2D eigenvalue weighted by Gasteiger charge is -2.12. The van der Waals surface area contributed by atoms with Gasteiger partial charge in [0.05, 0.1) is 11.9 Å². The Morgan fingerprint density at radius 3 is 2.53 bits per heavy atom. The van der Waals surface area contributed by atoms with Gasteiger partial charge in [0.25, 0.3) is 0 Å². The summed E-state index contributed by atoms with van der Waals surface area (Å²) >= 11 is 5.55. The number of hydrogen-bond acceptors (Lipinski definition) is 5. The summed E-state index contributed by atoms with van der Waals surface area (Å²) in [7, 11) is 0. The van der Waals surface area contributed by atoms with Crippen molar-refractivity contribution >= 4 is 23.5 Å². The topological polar surface area (TPSA) is 89.5 Å². The second kappa shape index (κ2) is 4.65. The van der Waals surface area contributed by atoms with Gasteiger partial charge in [0.1, 0.15) is 12.4 Å². The third-order valence-electron chi connectivity index (χ3n) is 1.51. The first-order chi connectivity index (χ1) is 7.00. The van der Waals surface area contributed by atoms with Gasteiger partial charge < -0.3 is 24.5 Å². The maximum Gasteiger partial charge on any atom is 0.129 e. The molecule has 0 amide bonds. The number of aliphatic carboxylic acids is 1. The number of ether oxygens (including phenoxy) is 1. The largest absolute Gasteiger partial charge is 0.546 e. The number of benzene rings is 1. The Bertz CT molecular complexity index is 401. The highest BCUT2D eigenvalue weighted by atomic mass is 35.5. The van der Waals surface area contributed by atoms with E-state index in [0.717, 1.165) is 6.07 Å². The van der Waals surface area contributed by atoms with Gasteiger partial charge in [-0.15, -0.1) is 0 Å². The van der Waals surface area contributed by atoms with Crippen LogP contribution in [-0.2, 0) is 4.79 Å². The molecule has 0 unspecified atom stereocenters. The molecule has 0 aliphatic heterocycles. The average Bonchev–Trinajstić information content (AvgIpc) is 2.15. The summed E-state index contributed by atoms with van der Waals surface area (Å²) in [5.74, 6) is -3.07. The maximum atomic E-state index is 10.6. The van der Waals surface area contributed by atoms with E-state index >= 15 is 0 Å². The summed E-state index contributed by atoms with van der Waals surface area (Å²) in [5.41, 5.74) is -0.302. The number of aromatic carboxylic acids is 1. The molecule has 0 fully saturated rings. The number of carbonyl (C=O) groups excluding carboxylic acids is 2. The summed E-state index contributed by atoms with van der Waals surface area (Å²) in [6, 6.07) is 3.73. The molecule has 0 N–H and O–H groups in total. The van der Waals surface area contributed by atoms with E-state index in [1.54, 1.807) is 0 Å². The third-order valence-corrected chi connectivity index (χ3v) is 1.74. The molecule has 0 saturated heterocycles. The molecule has 1 rings (SSSR count). The van der Waals surface area contributed by atoms with Crippen molar-refractivity contribution in [2.45, 2.75) is 0 Å². The fourth-order valence-corrected chi connectivity index (χ4v) is 1.10. The van der Waals surface area contributed by atoms with Crippen molar-refractivity contribution in [1.82, 2.24) is 0 Å². The third kappa shape index (κ3) is 3.14. The van der Waals surface area contributed by atoms with E-state index < -0.39 is 18.5 Å². The van der Waals surface area contributed by atoms with E-state index in [1.165, 1.54) is 12.1 Å². The molecule has 80 valence electrons. The number of carboxylic acid groups (broad SMARTS) is 2. The van der Waals surface area contributed by atoms with E-state index in [4.69, 9.17) is 11.6 Å². The number of carbonyl (C=O) groups is 2. The highest BCUT2D eigenvalue weighted by molar-refractivity contribution is 6.31. The van der Waals surface area contributed by atoms with Gasteiger partial charge in [-0.2, -0.15) is 0 Å². The molecule has 0 radical (unpaired) electrons. The Hall–Kier alpha value is -1.75. The molecule has 0 aromatic heterocycles. The van der Waals surface area contributed by atoms with Gasteiger partial charge in [-0.25, -0.2) is 0 Å². The predicted molar refractivity (Wildman–Crippen MR) is 46.3 cm³/mol. The van der Waals surface area contributed by atoms with Crippen molar-refractivity contribution in [1.29, 1.82) is 0 Å². The summed E-state index contributed by atoms with van der Waals surface area (Å²) in [5, 5.41) is 20.9. The summed E-state index contributed by atoms with van der Waals surface area (Å²) < 4.78 is 4.67. The first-order valence-corrected chi connectivity index (χ1v) is 4.22. The first-order valence-electron chi connectivity index (χ1n) is 3.84. The second-order valence-corrected chi connectivity index (χ2v) is 3.03. The van der Waals surface area contributed by atoms with Crippen LogP contribution in [0.15, 0.2) is 18.2 Å². The van der Waals surface area contributed by atoms with Crippen LogP contribution in [0.2, 0.25) is 5.02 Å². The first kappa shape index (κ1) is 11.3. The van der Waals surface area contributed by atoms with Gasteiger partial charge in [0.2, 0.25) is 0 Å². The zero-order valence-electron chi connectivity index (χ0n) is 7.36. The number of carboxylic acids is 2. The Morgan fingerprint density at radius 2 is 2.00 bits per heavy atom. The van der Waals surface area contributed by atoms with Gasteiger partial charge >= 0.3 is 0 Å². The molecule has 0 heterocycles. The minimum Gasteiger partial charge on any atom is -0.546 e. The lowest BCUT2D eigenvalue weighted by atomic mass is 10.2. The molecule has 5 nitrogen and oxygen atoms in total. The molecule has 0 saturated carbocycles. The molecule has 1 aromatic rings. The van der Waals surface area contributed by atoms with Gasteiger partial charge in [0.15, 0.2) is 0 Å². The van der Waals surface area contributed by atoms with Gasteiger partial charge in [-0.1, -0.05) is 11.6 Å². The van der Waals surface area contributed by atoms with Crippen LogP contribution >= 0.6 is 11.6 Å². The van der Waals surface area contributed by atoms with Crippen LogP contribution in [-0.4, -0.2) is 18.5 Å². The van der Waals surface area contributed by atoms with Gasteiger partial charge in [0, 0.05) is 10.6 Å². The minimum absolute atomic E-state index is 0.122. The van der Waals surface area contributed by atoms with Crippen molar-refractivity contribution < 1.29 is 24.5 Å². The SMILES string of the molecule is O=C([O-])COc1ccc(Cl)cc1C(=O)[O-]. The van der Waals surface area contributed by atoms with E-state index in [0.29, 0.717) is 0 Å². The Labute approximate surface area is 89.9 Å². The van der Waals surface area contributed by atoms with Crippen LogP contribution in [0.25, 0.3) is 0 Å². The Morgan fingerprint density at radius 1 is 1.33 bits per heavy atom. The molecule has 0 aliphatic carbocycles. The number of halogens is 1. The maximum absolute atomic E-state index is 10.6. The zero-order valence-corrected chi connectivity index (χ0v) is 8.11. The van der Waals surface area contributed by atoms with Crippen molar-refractivity contribution in [2.24, 2.45) is 0 Å². The van der Waals surface area contributed by atoms with E-state index in [2.05, 4.69) is 4.74 Å². The van der Waals surface area contributed by atoms with Crippen LogP contribution in [0.3, 0.4) is 0 Å². The summed E-state index contributed by atoms with van der Waals surface area (Å²) in [6.07, 6.45) is 0. The second-order valence-electron chi connectivity index (χ2n) is 2.59. The zero-order chi connectivity index (χ0) is 11.4. The molecule has 0 aliphatic rings. The molecule has 15 heavy (non-hydrogen) atoms. The number of hydrogen-bond donors (Lipinski definition) is 0. The normalized spacial score (nSPS) is 9.67. The average molecular weight is 229 g/mol. The predicted octanol–water partition coefficient (Wildman–Crippen LogP) is -1.17. The lowest BCUT2D eigenvalue weighted by molar-refractivity contribution is -0.307. The van der Waals surface area contributed by atoms with E-state index in [1.807, 2.05) is 0 Å². The van der Waals surface area contributed by atoms with Crippen molar-refractivity contribution in [3.8, 4) is 5.75 Å². The van der Waals surface area contributed by atoms with E-state index in [-0.39, 0.29) is 16.3 Å². The fourth-order valence-electron chi connectivity index (χ4n) is 0.924. The molecule has 1 aromatic carbocycles. The monoisotopic (exact) mass is 228 g/mol. The van der Waals surface area contributed by atoms with Crippen molar-refractivity contribution in [2.75, 3.05) is 6.61 Å². The smallest absolute Gasteiger partial charge is 0.129 e. The van der Waals surface area contributed by atoms with Crippen molar-refractivity contribution in [3.05, 3.63) is 28.8 Å². The van der Waals surface area contributed by atoms with Crippen LogP contribution in [0.4, 0.5) is 0 Å². The highest BCUT2D eigenvalue weighted by Crippen LogP contribution is 2.22. The van der Waals surface area contributed by atoms with Crippen LogP contribution in [0.1, 0.15) is 10.4 Å². The lowest BCUT2D eigenvalue weighted by Crippen LogP contribution is -2.30. The fraction of sp³-hybridized carbons (Fsp3) is 0.111.